The highest BCUT2D eigenvalue weighted by molar-refractivity contribution is 5.49. The second kappa shape index (κ2) is 4.78. The summed E-state index contributed by atoms with van der Waals surface area (Å²) in [6.45, 7) is 1.92. The Balaban J connectivity index is 2.11. The van der Waals surface area contributed by atoms with Crippen LogP contribution in [-0.2, 0) is 0 Å². The SMILES string of the molecule is C[C@H](Nc1cc(N)ccn1)c1ccc(F)cn1. The smallest absolute Gasteiger partial charge is 0.141 e. The monoisotopic (exact) mass is 232 g/mol. The van der Waals surface area contributed by atoms with Crippen LogP contribution < -0.4 is 11.1 Å². The highest BCUT2D eigenvalue weighted by Crippen LogP contribution is 2.17. The highest BCUT2D eigenvalue weighted by Gasteiger charge is 2.07. The van der Waals surface area contributed by atoms with Crippen molar-refractivity contribution in [3.05, 3.63) is 48.2 Å². The minimum atomic E-state index is -0.344. The molecule has 0 saturated carbocycles. The van der Waals surface area contributed by atoms with Gasteiger partial charge in [-0.15, -0.1) is 0 Å². The summed E-state index contributed by atoms with van der Waals surface area (Å²) >= 11 is 0. The van der Waals surface area contributed by atoms with E-state index in [1.165, 1.54) is 12.3 Å². The molecule has 0 aliphatic heterocycles. The molecule has 1 atom stereocenters. The summed E-state index contributed by atoms with van der Waals surface area (Å²) in [5.74, 6) is 0.326. The highest BCUT2D eigenvalue weighted by atomic mass is 19.1. The largest absolute Gasteiger partial charge is 0.399 e. The van der Waals surface area contributed by atoms with Gasteiger partial charge >= 0.3 is 0 Å². The molecular formula is C12H13FN4. The van der Waals surface area contributed by atoms with Gasteiger partial charge in [0.25, 0.3) is 0 Å². The molecule has 0 spiro atoms. The Morgan fingerprint density at radius 1 is 1.29 bits per heavy atom. The summed E-state index contributed by atoms with van der Waals surface area (Å²) in [5.41, 5.74) is 7.03. The van der Waals surface area contributed by atoms with Gasteiger partial charge in [-0.3, -0.25) is 4.98 Å². The molecule has 2 rings (SSSR count). The number of aromatic nitrogens is 2. The molecule has 88 valence electrons. The van der Waals surface area contributed by atoms with E-state index in [9.17, 15) is 4.39 Å². The number of pyridine rings is 2. The van der Waals surface area contributed by atoms with E-state index in [1.54, 1.807) is 24.4 Å². The van der Waals surface area contributed by atoms with Gasteiger partial charge in [-0.25, -0.2) is 9.37 Å². The number of nitrogen functional groups attached to an aromatic ring is 1. The molecule has 0 saturated heterocycles. The first-order chi connectivity index (χ1) is 8.15. The third kappa shape index (κ3) is 2.90. The first-order valence-corrected chi connectivity index (χ1v) is 5.24. The quantitative estimate of drug-likeness (QED) is 0.852. The van der Waals surface area contributed by atoms with Crippen LogP contribution in [0.5, 0.6) is 0 Å². The zero-order valence-corrected chi connectivity index (χ0v) is 9.39. The number of nitrogens with zero attached hydrogens (tertiary/aromatic N) is 2. The molecule has 2 heterocycles. The second-order valence-electron chi connectivity index (χ2n) is 3.74. The average Bonchev–Trinajstić information content (AvgIpc) is 2.29. The van der Waals surface area contributed by atoms with Crippen LogP contribution in [0.15, 0.2) is 36.7 Å². The van der Waals surface area contributed by atoms with E-state index in [4.69, 9.17) is 5.73 Å². The van der Waals surface area contributed by atoms with Gasteiger partial charge in [-0.1, -0.05) is 0 Å². The van der Waals surface area contributed by atoms with Crippen LogP contribution in [0.4, 0.5) is 15.9 Å². The van der Waals surface area contributed by atoms with E-state index >= 15 is 0 Å². The van der Waals surface area contributed by atoms with E-state index in [0.717, 1.165) is 5.69 Å². The average molecular weight is 232 g/mol. The molecule has 4 nitrogen and oxygen atoms in total. The molecule has 2 aromatic heterocycles. The van der Waals surface area contributed by atoms with E-state index in [1.807, 2.05) is 6.92 Å². The van der Waals surface area contributed by atoms with Crippen molar-refractivity contribution in [1.29, 1.82) is 0 Å². The maximum atomic E-state index is 12.7. The van der Waals surface area contributed by atoms with Crippen LogP contribution in [-0.4, -0.2) is 9.97 Å². The van der Waals surface area contributed by atoms with Gasteiger partial charge in [-0.2, -0.15) is 0 Å². The molecule has 0 radical (unpaired) electrons. The Bertz CT molecular complexity index is 498. The van der Waals surface area contributed by atoms with Crippen molar-refractivity contribution in [2.75, 3.05) is 11.1 Å². The lowest BCUT2D eigenvalue weighted by molar-refractivity contribution is 0.617. The maximum absolute atomic E-state index is 12.7. The van der Waals surface area contributed by atoms with Crippen LogP contribution >= 0.6 is 0 Å². The summed E-state index contributed by atoms with van der Waals surface area (Å²) < 4.78 is 12.7. The van der Waals surface area contributed by atoms with Crippen molar-refractivity contribution >= 4 is 11.5 Å². The maximum Gasteiger partial charge on any atom is 0.141 e. The van der Waals surface area contributed by atoms with Gasteiger partial charge in [0.2, 0.25) is 0 Å². The molecule has 0 amide bonds. The summed E-state index contributed by atoms with van der Waals surface area (Å²) in [7, 11) is 0. The first kappa shape index (κ1) is 11.3. The zero-order chi connectivity index (χ0) is 12.3. The van der Waals surface area contributed by atoms with Gasteiger partial charge in [-0.05, 0) is 25.1 Å². The summed E-state index contributed by atoms with van der Waals surface area (Å²) in [6, 6.07) is 6.41. The lowest BCUT2D eigenvalue weighted by Gasteiger charge is -2.13. The van der Waals surface area contributed by atoms with Crippen molar-refractivity contribution in [2.24, 2.45) is 0 Å². The number of hydrogen-bond donors (Lipinski definition) is 2. The van der Waals surface area contributed by atoms with Crippen molar-refractivity contribution < 1.29 is 4.39 Å². The minimum absolute atomic E-state index is 0.0649. The standard InChI is InChI=1S/C12H13FN4/c1-8(11-3-2-9(13)7-16-11)17-12-6-10(14)4-5-15-12/h2-8H,1H3,(H3,14,15,17)/t8-/m0/s1. The van der Waals surface area contributed by atoms with E-state index in [0.29, 0.717) is 11.5 Å². The van der Waals surface area contributed by atoms with Gasteiger partial charge in [0.05, 0.1) is 17.9 Å². The number of nitrogens with one attached hydrogen (secondary N) is 1. The number of hydrogen-bond acceptors (Lipinski definition) is 4. The number of halogens is 1. The van der Waals surface area contributed by atoms with E-state index in [-0.39, 0.29) is 11.9 Å². The van der Waals surface area contributed by atoms with Crippen molar-refractivity contribution in [3.63, 3.8) is 0 Å². The Labute approximate surface area is 98.7 Å². The number of anilines is 2. The van der Waals surface area contributed by atoms with E-state index in [2.05, 4.69) is 15.3 Å². The number of rotatable bonds is 3. The van der Waals surface area contributed by atoms with E-state index < -0.39 is 0 Å². The summed E-state index contributed by atoms with van der Waals surface area (Å²) in [5, 5.41) is 3.14. The molecule has 0 aliphatic rings. The van der Waals surface area contributed by atoms with Gasteiger partial charge in [0.15, 0.2) is 0 Å². The lowest BCUT2D eigenvalue weighted by Crippen LogP contribution is -2.09. The predicted octanol–water partition coefficient (Wildman–Crippen LogP) is 2.37. The lowest BCUT2D eigenvalue weighted by atomic mass is 10.2. The molecule has 0 bridgehead atoms. The molecule has 5 heteroatoms. The predicted molar refractivity (Wildman–Crippen MR) is 64.9 cm³/mol. The Hall–Kier alpha value is -2.17. The van der Waals surface area contributed by atoms with Crippen LogP contribution in [0.25, 0.3) is 0 Å². The van der Waals surface area contributed by atoms with Crippen molar-refractivity contribution in [2.45, 2.75) is 13.0 Å². The summed E-state index contributed by atoms with van der Waals surface area (Å²) in [4.78, 5) is 8.13. The normalized spacial score (nSPS) is 12.1. The number of nitrogens with two attached hydrogens (primary N) is 1. The minimum Gasteiger partial charge on any atom is -0.399 e. The second-order valence-corrected chi connectivity index (χ2v) is 3.74. The van der Waals surface area contributed by atoms with Gasteiger partial charge in [0.1, 0.15) is 11.6 Å². The Kier molecular flexibility index (Phi) is 3.18. The molecule has 17 heavy (non-hydrogen) atoms. The van der Waals surface area contributed by atoms with Crippen molar-refractivity contribution in [1.82, 2.24) is 9.97 Å². The third-order valence-electron chi connectivity index (χ3n) is 2.34. The van der Waals surface area contributed by atoms with Crippen molar-refractivity contribution in [3.8, 4) is 0 Å². The van der Waals surface area contributed by atoms with Gasteiger partial charge in [0, 0.05) is 18.0 Å². The fourth-order valence-electron chi connectivity index (χ4n) is 1.46. The van der Waals surface area contributed by atoms with Crippen LogP contribution in [0, 0.1) is 5.82 Å². The molecule has 0 aromatic carbocycles. The van der Waals surface area contributed by atoms with Crippen LogP contribution in [0.2, 0.25) is 0 Å². The fourth-order valence-corrected chi connectivity index (χ4v) is 1.46. The topological polar surface area (TPSA) is 63.8 Å². The Morgan fingerprint density at radius 3 is 2.76 bits per heavy atom. The van der Waals surface area contributed by atoms with Crippen LogP contribution in [0.3, 0.4) is 0 Å². The Morgan fingerprint density at radius 2 is 2.12 bits per heavy atom. The molecular weight excluding hydrogens is 219 g/mol. The third-order valence-corrected chi connectivity index (χ3v) is 2.34. The molecule has 3 N–H and O–H groups in total. The molecule has 0 unspecified atom stereocenters. The molecule has 2 aromatic rings. The molecule has 0 aliphatic carbocycles. The summed E-state index contributed by atoms with van der Waals surface area (Å²) in [6.07, 6.45) is 2.82. The zero-order valence-electron chi connectivity index (χ0n) is 9.39. The first-order valence-electron chi connectivity index (χ1n) is 5.24. The van der Waals surface area contributed by atoms with Crippen LogP contribution in [0.1, 0.15) is 18.7 Å². The van der Waals surface area contributed by atoms with Gasteiger partial charge < -0.3 is 11.1 Å². The molecule has 0 fully saturated rings. The fraction of sp³-hybridized carbons (Fsp3) is 0.167.